The summed E-state index contributed by atoms with van der Waals surface area (Å²) in [6, 6.07) is 13.7. The van der Waals surface area contributed by atoms with Gasteiger partial charge in [-0.2, -0.15) is 0 Å². The molecule has 64 heavy (non-hydrogen) atoms. The minimum Gasteiger partial charge on any atom is -0.497 e. The van der Waals surface area contributed by atoms with E-state index in [-0.39, 0.29) is 40.4 Å². The second kappa shape index (κ2) is 29.7. The van der Waals surface area contributed by atoms with Crippen LogP contribution in [0.1, 0.15) is 141 Å². The van der Waals surface area contributed by atoms with E-state index in [4.69, 9.17) is 47.4 Å². The van der Waals surface area contributed by atoms with Crippen molar-refractivity contribution in [1.29, 1.82) is 0 Å². The Kier molecular flexibility index (Phi) is 24.4. The van der Waals surface area contributed by atoms with Crippen LogP contribution in [0, 0.1) is 5.41 Å². The van der Waals surface area contributed by atoms with Crippen LogP contribution in [-0.2, 0) is 23.7 Å². The molecule has 0 saturated heterocycles. The highest BCUT2D eigenvalue weighted by Crippen LogP contribution is 2.31. The molecule has 0 atom stereocenters. The van der Waals surface area contributed by atoms with Gasteiger partial charge in [-0.3, -0.25) is 4.79 Å². The molecule has 0 aromatic heterocycles. The molecule has 0 aliphatic rings. The van der Waals surface area contributed by atoms with Gasteiger partial charge in [-0.1, -0.05) is 96.8 Å². The summed E-state index contributed by atoms with van der Waals surface area (Å²) in [4.78, 5) is 54.3. The molecule has 0 spiro atoms. The summed E-state index contributed by atoms with van der Waals surface area (Å²) >= 11 is 0. The van der Waals surface area contributed by atoms with Gasteiger partial charge < -0.3 is 47.4 Å². The molecule has 0 heterocycles. The highest BCUT2D eigenvalue weighted by atomic mass is 16.6. The first kappa shape index (κ1) is 52.7. The largest absolute Gasteiger partial charge is 0.497 e. The van der Waals surface area contributed by atoms with Crippen molar-refractivity contribution in [2.45, 2.75) is 110 Å². The van der Waals surface area contributed by atoms with Crippen LogP contribution >= 0.6 is 0 Å². The van der Waals surface area contributed by atoms with E-state index in [2.05, 4.69) is 6.92 Å². The molecule has 0 N–H and O–H groups in total. The van der Waals surface area contributed by atoms with Crippen molar-refractivity contribution in [3.63, 3.8) is 0 Å². The summed E-state index contributed by atoms with van der Waals surface area (Å²) < 4.78 is 55.5. The molecule has 0 radical (unpaired) electrons. The third-order valence-electron chi connectivity index (χ3n) is 10.9. The maximum atomic E-state index is 13.7. The number of ether oxygens (including phenoxy) is 10. The first-order valence-corrected chi connectivity index (χ1v) is 22.4. The minimum atomic E-state index is -1.61. The van der Waals surface area contributed by atoms with Crippen molar-refractivity contribution in [1.82, 2.24) is 0 Å². The van der Waals surface area contributed by atoms with Crippen LogP contribution in [0.4, 0.5) is 0 Å². The molecule has 0 bridgehead atoms. The van der Waals surface area contributed by atoms with Crippen LogP contribution in [0.2, 0.25) is 0 Å². The fourth-order valence-corrected chi connectivity index (χ4v) is 6.99. The summed E-state index contributed by atoms with van der Waals surface area (Å²) in [5.41, 5.74) is -1.39. The maximum Gasteiger partial charge on any atom is 0.341 e. The number of carbonyl (C=O) groups excluding carboxylic acids is 4. The topological polar surface area (TPSA) is 161 Å². The van der Waals surface area contributed by atoms with Crippen LogP contribution in [0.25, 0.3) is 0 Å². The van der Waals surface area contributed by atoms with Crippen molar-refractivity contribution in [2.75, 3.05) is 69.1 Å². The number of hydrogen-bond acceptors (Lipinski definition) is 14. The van der Waals surface area contributed by atoms with Crippen LogP contribution in [0.15, 0.2) is 54.6 Å². The van der Waals surface area contributed by atoms with E-state index in [0.717, 1.165) is 19.3 Å². The summed E-state index contributed by atoms with van der Waals surface area (Å²) in [6.07, 6.45) is 18.0. The third-order valence-corrected chi connectivity index (χ3v) is 10.9. The lowest BCUT2D eigenvalue weighted by molar-refractivity contribution is -0.151. The van der Waals surface area contributed by atoms with Gasteiger partial charge in [0.15, 0.2) is 0 Å². The Morgan fingerprint density at radius 3 is 0.984 bits per heavy atom. The monoisotopic (exact) mass is 894 g/mol. The molecule has 3 aromatic rings. The van der Waals surface area contributed by atoms with Gasteiger partial charge in [0.2, 0.25) is 0 Å². The lowest BCUT2D eigenvalue weighted by Crippen LogP contribution is -2.44. The summed E-state index contributed by atoms with van der Waals surface area (Å²) in [6.45, 7) is 0.237. The van der Waals surface area contributed by atoms with Gasteiger partial charge in [-0.05, 0) is 42.8 Å². The van der Waals surface area contributed by atoms with Gasteiger partial charge in [0, 0.05) is 24.6 Å². The normalized spacial score (nSPS) is 11.0. The van der Waals surface area contributed by atoms with Crippen molar-refractivity contribution in [3.8, 4) is 34.5 Å². The van der Waals surface area contributed by atoms with E-state index in [1.165, 1.54) is 150 Å². The zero-order valence-electron chi connectivity index (χ0n) is 39.1. The molecule has 0 aliphatic carbocycles. The number of unbranched alkanes of at least 4 members (excludes halogenated alkanes) is 14. The molecule has 0 aliphatic heterocycles. The molecule has 14 heteroatoms. The van der Waals surface area contributed by atoms with Crippen LogP contribution in [0.5, 0.6) is 34.5 Å². The van der Waals surface area contributed by atoms with Gasteiger partial charge >= 0.3 is 23.9 Å². The van der Waals surface area contributed by atoms with Crippen molar-refractivity contribution >= 4 is 23.9 Å². The van der Waals surface area contributed by atoms with Crippen molar-refractivity contribution in [2.24, 2.45) is 5.41 Å². The predicted molar refractivity (Wildman–Crippen MR) is 242 cm³/mol. The van der Waals surface area contributed by atoms with E-state index in [9.17, 15) is 19.2 Å². The summed E-state index contributed by atoms with van der Waals surface area (Å²) in [5.74, 6) is -1.03. The van der Waals surface area contributed by atoms with Crippen LogP contribution in [0.3, 0.4) is 0 Å². The lowest BCUT2D eigenvalue weighted by atomic mass is 9.92. The zero-order valence-corrected chi connectivity index (χ0v) is 39.1. The van der Waals surface area contributed by atoms with Crippen LogP contribution in [-0.4, -0.2) is 93.0 Å². The molecule has 0 amide bonds. The molecule has 3 rings (SSSR count). The molecular formula is C50H70O14. The quantitative estimate of drug-likeness (QED) is 0.0323. The van der Waals surface area contributed by atoms with Gasteiger partial charge in [0.25, 0.3) is 0 Å². The SMILES string of the molecule is CCCCCCCCCCCCCCCCCC(=O)OCC(COC(=O)c1ccc(OC)cc1OC)(COC(=O)c1ccc(OC)cc1OC)COC(=O)c1ccc(OC)cc1OC. The van der Waals surface area contributed by atoms with E-state index in [0.29, 0.717) is 23.7 Å². The molecular weight excluding hydrogens is 825 g/mol. The Hall–Kier alpha value is -5.66. The van der Waals surface area contributed by atoms with Crippen molar-refractivity contribution < 1.29 is 66.5 Å². The molecule has 3 aromatic carbocycles. The van der Waals surface area contributed by atoms with E-state index in [1.54, 1.807) is 18.2 Å². The van der Waals surface area contributed by atoms with Crippen LogP contribution < -0.4 is 28.4 Å². The van der Waals surface area contributed by atoms with Gasteiger partial charge in [-0.25, -0.2) is 14.4 Å². The Morgan fingerprint density at radius 2 is 0.688 bits per heavy atom. The molecule has 0 fully saturated rings. The number of hydrogen-bond donors (Lipinski definition) is 0. The van der Waals surface area contributed by atoms with Gasteiger partial charge in [0.1, 0.15) is 83.0 Å². The molecule has 354 valence electrons. The summed E-state index contributed by atoms with van der Waals surface area (Å²) in [5, 5.41) is 0. The average molecular weight is 895 g/mol. The van der Waals surface area contributed by atoms with Gasteiger partial charge in [-0.15, -0.1) is 0 Å². The number of rotatable bonds is 33. The average Bonchev–Trinajstić information content (AvgIpc) is 3.33. The number of carbonyl (C=O) groups is 4. The Bertz CT molecular complexity index is 1700. The first-order chi connectivity index (χ1) is 31.1. The maximum absolute atomic E-state index is 13.7. The molecule has 0 saturated carbocycles. The fraction of sp³-hybridized carbons (Fsp3) is 0.560. The van der Waals surface area contributed by atoms with E-state index < -0.39 is 55.7 Å². The number of methoxy groups -OCH3 is 6. The predicted octanol–water partition coefficient (Wildman–Crippen LogP) is 10.4. The molecule has 0 unspecified atom stereocenters. The Labute approximate surface area is 379 Å². The van der Waals surface area contributed by atoms with E-state index in [1.807, 2.05) is 0 Å². The standard InChI is InChI=1S/C50H70O14/c1-8-9-10-11-12-13-14-15-16-17-18-19-20-21-22-23-46(51)61-33-50(34-62-47(52)40-27-24-37(55-2)30-43(40)58-5,35-63-48(53)41-28-25-38(56-3)31-44(41)59-6)36-64-49(54)42-29-26-39(57-4)32-45(42)60-7/h24-32H,8-23,33-36H2,1-7H3. The summed E-state index contributed by atoms with van der Waals surface area (Å²) in [7, 11) is 8.63. The fourth-order valence-electron chi connectivity index (χ4n) is 6.99. The van der Waals surface area contributed by atoms with Crippen molar-refractivity contribution in [3.05, 3.63) is 71.3 Å². The second-order valence-electron chi connectivity index (χ2n) is 15.8. The minimum absolute atomic E-state index is 0.0716. The third kappa shape index (κ3) is 17.8. The molecule has 14 nitrogen and oxygen atoms in total. The number of esters is 4. The lowest BCUT2D eigenvalue weighted by Gasteiger charge is -2.32. The zero-order chi connectivity index (χ0) is 46.6. The highest BCUT2D eigenvalue weighted by molar-refractivity contribution is 5.94. The van der Waals surface area contributed by atoms with Gasteiger partial charge in [0.05, 0.1) is 42.7 Å². The second-order valence-corrected chi connectivity index (χ2v) is 15.8. The Balaban J connectivity index is 1.77. The number of benzene rings is 3. The smallest absolute Gasteiger partial charge is 0.341 e. The Morgan fingerprint density at radius 1 is 0.391 bits per heavy atom. The van der Waals surface area contributed by atoms with E-state index >= 15 is 0 Å². The highest BCUT2D eigenvalue weighted by Gasteiger charge is 2.39. The first-order valence-electron chi connectivity index (χ1n) is 22.4.